The molecule has 2 heterocycles. The molecule has 102 valence electrons. The maximum Gasteiger partial charge on any atom is 0.220 e. The number of halogens is 1. The second kappa shape index (κ2) is 4.93. The molecule has 2 atom stereocenters. The van der Waals surface area contributed by atoms with Crippen LogP contribution in [0.3, 0.4) is 0 Å². The van der Waals surface area contributed by atoms with E-state index in [1.54, 1.807) is 0 Å². The third kappa shape index (κ3) is 2.37. The monoisotopic (exact) mass is 262 g/mol. The van der Waals surface area contributed by atoms with Crippen LogP contribution in [0.1, 0.15) is 37.2 Å². The zero-order valence-electron chi connectivity index (χ0n) is 10.9. The van der Waals surface area contributed by atoms with Crippen molar-refractivity contribution >= 4 is 5.91 Å². The molecular weight excluding hydrogens is 243 g/mol. The lowest BCUT2D eigenvalue weighted by Gasteiger charge is -2.35. The van der Waals surface area contributed by atoms with Gasteiger partial charge in [0.05, 0.1) is 5.54 Å². The molecule has 4 heteroatoms. The summed E-state index contributed by atoms with van der Waals surface area (Å²) in [6, 6.07) is 6.68. The SMILES string of the molecule is O=C1CCCC[C@]2(CNC[C@H]2c2ccc(F)cc2)N1. The molecule has 0 aromatic heterocycles. The number of hydrogen-bond donors (Lipinski definition) is 2. The Morgan fingerprint density at radius 1 is 1.21 bits per heavy atom. The largest absolute Gasteiger partial charge is 0.349 e. The van der Waals surface area contributed by atoms with Crippen LogP contribution < -0.4 is 10.6 Å². The van der Waals surface area contributed by atoms with Gasteiger partial charge in [-0.1, -0.05) is 18.6 Å². The van der Waals surface area contributed by atoms with E-state index in [2.05, 4.69) is 10.6 Å². The summed E-state index contributed by atoms with van der Waals surface area (Å²) < 4.78 is 13.0. The van der Waals surface area contributed by atoms with E-state index in [4.69, 9.17) is 0 Å². The van der Waals surface area contributed by atoms with Crippen LogP contribution >= 0.6 is 0 Å². The van der Waals surface area contributed by atoms with Gasteiger partial charge in [-0.2, -0.15) is 0 Å². The van der Waals surface area contributed by atoms with E-state index in [1.807, 2.05) is 12.1 Å². The summed E-state index contributed by atoms with van der Waals surface area (Å²) in [6.45, 7) is 1.65. The van der Waals surface area contributed by atoms with Gasteiger partial charge in [-0.05, 0) is 30.5 Å². The van der Waals surface area contributed by atoms with Gasteiger partial charge in [0.2, 0.25) is 5.91 Å². The van der Waals surface area contributed by atoms with Crippen LogP contribution in [-0.4, -0.2) is 24.5 Å². The lowest BCUT2D eigenvalue weighted by molar-refractivity contribution is -0.122. The molecule has 2 saturated heterocycles. The van der Waals surface area contributed by atoms with Crippen molar-refractivity contribution in [1.82, 2.24) is 10.6 Å². The summed E-state index contributed by atoms with van der Waals surface area (Å²) in [5.41, 5.74) is 0.916. The Morgan fingerprint density at radius 2 is 2.00 bits per heavy atom. The molecule has 1 amide bonds. The van der Waals surface area contributed by atoms with Gasteiger partial charge >= 0.3 is 0 Å². The maximum absolute atomic E-state index is 13.0. The Morgan fingerprint density at radius 3 is 2.79 bits per heavy atom. The summed E-state index contributed by atoms with van der Waals surface area (Å²) in [6.07, 6.45) is 3.65. The Bertz CT molecular complexity index is 474. The second-order valence-electron chi connectivity index (χ2n) is 5.65. The molecule has 0 unspecified atom stereocenters. The van der Waals surface area contributed by atoms with Gasteiger partial charge in [-0.15, -0.1) is 0 Å². The standard InChI is InChI=1S/C15H19FN2O/c16-12-6-4-11(5-7-12)13-9-17-10-15(13)8-2-1-3-14(19)18-15/h4-7,13,17H,1-3,8-10H2,(H,18,19)/t13-,15+/m0/s1. The summed E-state index contributed by atoms with van der Waals surface area (Å²) in [5, 5.41) is 6.61. The molecule has 0 radical (unpaired) electrons. The van der Waals surface area contributed by atoms with E-state index in [-0.39, 0.29) is 23.2 Å². The van der Waals surface area contributed by atoms with Crippen molar-refractivity contribution in [2.75, 3.05) is 13.1 Å². The number of amides is 1. The summed E-state index contributed by atoms with van der Waals surface area (Å²) in [7, 11) is 0. The van der Waals surface area contributed by atoms with Gasteiger partial charge in [-0.3, -0.25) is 4.79 Å². The quantitative estimate of drug-likeness (QED) is 0.812. The number of rotatable bonds is 1. The van der Waals surface area contributed by atoms with Gasteiger partial charge in [-0.25, -0.2) is 4.39 Å². The minimum Gasteiger partial charge on any atom is -0.349 e. The van der Waals surface area contributed by atoms with E-state index < -0.39 is 0 Å². The summed E-state index contributed by atoms with van der Waals surface area (Å²) >= 11 is 0. The highest BCUT2D eigenvalue weighted by molar-refractivity contribution is 5.77. The fourth-order valence-corrected chi connectivity index (χ4v) is 3.41. The van der Waals surface area contributed by atoms with Crippen molar-refractivity contribution in [2.45, 2.75) is 37.1 Å². The highest BCUT2D eigenvalue weighted by atomic mass is 19.1. The first kappa shape index (κ1) is 12.6. The molecule has 1 spiro atoms. The number of nitrogens with one attached hydrogen (secondary N) is 2. The van der Waals surface area contributed by atoms with Crippen LogP contribution in [0.25, 0.3) is 0 Å². The van der Waals surface area contributed by atoms with Gasteiger partial charge in [0.1, 0.15) is 5.82 Å². The molecule has 1 aromatic carbocycles. The van der Waals surface area contributed by atoms with Crippen molar-refractivity contribution in [3.05, 3.63) is 35.6 Å². The summed E-state index contributed by atoms with van der Waals surface area (Å²) in [4.78, 5) is 11.9. The first-order valence-corrected chi connectivity index (χ1v) is 6.97. The Labute approximate surface area is 112 Å². The number of benzene rings is 1. The topological polar surface area (TPSA) is 41.1 Å². The first-order chi connectivity index (χ1) is 9.20. The lowest BCUT2D eigenvalue weighted by atomic mass is 9.79. The van der Waals surface area contributed by atoms with E-state index in [0.717, 1.165) is 37.9 Å². The number of carbonyl (C=O) groups excluding carboxylic acids is 1. The highest BCUT2D eigenvalue weighted by Crippen LogP contribution is 2.37. The third-order valence-electron chi connectivity index (χ3n) is 4.39. The van der Waals surface area contributed by atoms with Gasteiger partial charge in [0, 0.05) is 25.4 Å². The smallest absolute Gasteiger partial charge is 0.220 e. The normalized spacial score (nSPS) is 31.2. The molecule has 2 fully saturated rings. The second-order valence-corrected chi connectivity index (χ2v) is 5.65. The molecule has 0 saturated carbocycles. The van der Waals surface area contributed by atoms with E-state index in [9.17, 15) is 9.18 Å². The van der Waals surface area contributed by atoms with Crippen LogP contribution in [-0.2, 0) is 4.79 Å². The van der Waals surface area contributed by atoms with Crippen LogP contribution in [0.2, 0.25) is 0 Å². The van der Waals surface area contributed by atoms with Crippen molar-refractivity contribution in [2.24, 2.45) is 0 Å². The molecule has 0 bridgehead atoms. The maximum atomic E-state index is 13.0. The first-order valence-electron chi connectivity index (χ1n) is 6.97. The van der Waals surface area contributed by atoms with Crippen molar-refractivity contribution in [1.29, 1.82) is 0 Å². The van der Waals surface area contributed by atoms with Crippen molar-refractivity contribution < 1.29 is 9.18 Å². The molecule has 1 aromatic rings. The molecule has 3 rings (SSSR count). The number of hydrogen-bond acceptors (Lipinski definition) is 2. The van der Waals surface area contributed by atoms with Gasteiger partial charge < -0.3 is 10.6 Å². The predicted molar refractivity (Wildman–Crippen MR) is 71.4 cm³/mol. The molecule has 3 nitrogen and oxygen atoms in total. The molecule has 2 aliphatic rings. The average molecular weight is 262 g/mol. The molecular formula is C15H19FN2O. The van der Waals surface area contributed by atoms with Crippen molar-refractivity contribution in [3.8, 4) is 0 Å². The predicted octanol–water partition coefficient (Wildman–Crippen LogP) is 1.94. The average Bonchev–Trinajstić information content (AvgIpc) is 2.69. The fourth-order valence-electron chi connectivity index (χ4n) is 3.41. The summed E-state index contributed by atoms with van der Waals surface area (Å²) in [5.74, 6) is 0.164. The van der Waals surface area contributed by atoms with Crippen LogP contribution in [0.15, 0.2) is 24.3 Å². The van der Waals surface area contributed by atoms with Crippen LogP contribution in [0.5, 0.6) is 0 Å². The zero-order chi connectivity index (χ0) is 13.3. The molecule has 19 heavy (non-hydrogen) atoms. The fraction of sp³-hybridized carbons (Fsp3) is 0.533. The molecule has 0 aliphatic carbocycles. The Balaban J connectivity index is 1.91. The minimum atomic E-state index is -0.214. The van der Waals surface area contributed by atoms with Gasteiger partial charge in [0.25, 0.3) is 0 Å². The Hall–Kier alpha value is -1.42. The zero-order valence-corrected chi connectivity index (χ0v) is 10.9. The minimum absolute atomic E-state index is 0.147. The van der Waals surface area contributed by atoms with E-state index in [0.29, 0.717) is 6.42 Å². The van der Waals surface area contributed by atoms with Crippen LogP contribution in [0, 0.1) is 5.82 Å². The molecule has 2 N–H and O–H groups in total. The third-order valence-corrected chi connectivity index (χ3v) is 4.39. The Kier molecular flexibility index (Phi) is 3.27. The van der Waals surface area contributed by atoms with E-state index >= 15 is 0 Å². The highest BCUT2D eigenvalue weighted by Gasteiger charge is 2.45. The van der Waals surface area contributed by atoms with E-state index in [1.165, 1.54) is 12.1 Å². The molecule has 2 aliphatic heterocycles. The van der Waals surface area contributed by atoms with Crippen LogP contribution in [0.4, 0.5) is 4.39 Å². The lowest BCUT2D eigenvalue weighted by Crippen LogP contribution is -2.52. The van der Waals surface area contributed by atoms with Gasteiger partial charge in [0.15, 0.2) is 0 Å². The van der Waals surface area contributed by atoms with Crippen molar-refractivity contribution in [3.63, 3.8) is 0 Å². The number of carbonyl (C=O) groups is 1.